The molecule has 0 aromatic heterocycles. The number of benzene rings is 1. The third-order valence-corrected chi connectivity index (χ3v) is 3.28. The van der Waals surface area contributed by atoms with E-state index in [0.29, 0.717) is 18.7 Å². The monoisotopic (exact) mass is 289 g/mol. The highest BCUT2D eigenvalue weighted by molar-refractivity contribution is 5.97. The van der Waals surface area contributed by atoms with Gasteiger partial charge in [-0.2, -0.15) is 0 Å². The SMILES string of the molecule is CN1CCN(C(=O)c2ccc(C#CCN)cc2F)CC1=O. The van der Waals surface area contributed by atoms with E-state index in [2.05, 4.69) is 11.8 Å². The Morgan fingerprint density at radius 3 is 2.81 bits per heavy atom. The topological polar surface area (TPSA) is 66.6 Å². The van der Waals surface area contributed by atoms with E-state index in [0.717, 1.165) is 0 Å². The zero-order chi connectivity index (χ0) is 15.4. The van der Waals surface area contributed by atoms with Gasteiger partial charge in [-0.3, -0.25) is 9.59 Å². The Hall–Kier alpha value is -2.39. The van der Waals surface area contributed by atoms with E-state index in [1.165, 1.54) is 17.0 Å². The van der Waals surface area contributed by atoms with E-state index >= 15 is 0 Å². The number of hydrogen-bond donors (Lipinski definition) is 1. The molecule has 2 amide bonds. The molecule has 0 radical (unpaired) electrons. The van der Waals surface area contributed by atoms with Crippen LogP contribution in [0.1, 0.15) is 15.9 Å². The van der Waals surface area contributed by atoms with Gasteiger partial charge >= 0.3 is 0 Å². The van der Waals surface area contributed by atoms with Gasteiger partial charge in [0.1, 0.15) is 12.4 Å². The summed E-state index contributed by atoms with van der Waals surface area (Å²) in [4.78, 5) is 26.8. The van der Waals surface area contributed by atoms with Crippen LogP contribution in [-0.2, 0) is 4.79 Å². The van der Waals surface area contributed by atoms with Crippen molar-refractivity contribution in [1.82, 2.24) is 9.80 Å². The normalized spacial score (nSPS) is 14.7. The molecule has 110 valence electrons. The zero-order valence-corrected chi connectivity index (χ0v) is 11.7. The molecule has 5 nitrogen and oxygen atoms in total. The number of carbonyl (C=O) groups excluding carboxylic acids is 2. The molecular weight excluding hydrogens is 273 g/mol. The first-order valence-corrected chi connectivity index (χ1v) is 6.54. The fourth-order valence-corrected chi connectivity index (χ4v) is 2.02. The highest BCUT2D eigenvalue weighted by atomic mass is 19.1. The molecular formula is C15H16FN3O2. The van der Waals surface area contributed by atoms with Crippen LogP contribution in [0.25, 0.3) is 0 Å². The summed E-state index contributed by atoms with van der Waals surface area (Å²) < 4.78 is 14.0. The molecule has 1 aromatic rings. The fraction of sp³-hybridized carbons (Fsp3) is 0.333. The molecule has 21 heavy (non-hydrogen) atoms. The van der Waals surface area contributed by atoms with Crippen LogP contribution in [0.5, 0.6) is 0 Å². The molecule has 2 N–H and O–H groups in total. The van der Waals surface area contributed by atoms with Gasteiger partial charge in [0, 0.05) is 25.7 Å². The average Bonchev–Trinajstić information content (AvgIpc) is 2.47. The van der Waals surface area contributed by atoms with E-state index < -0.39 is 11.7 Å². The van der Waals surface area contributed by atoms with Gasteiger partial charge in [0.25, 0.3) is 5.91 Å². The number of nitrogens with two attached hydrogens (primary N) is 1. The number of piperazine rings is 1. The number of hydrogen-bond acceptors (Lipinski definition) is 3. The van der Waals surface area contributed by atoms with E-state index in [4.69, 9.17) is 5.73 Å². The van der Waals surface area contributed by atoms with Crippen molar-refractivity contribution in [2.45, 2.75) is 0 Å². The summed E-state index contributed by atoms with van der Waals surface area (Å²) in [5.74, 6) is 4.05. The van der Waals surface area contributed by atoms with Gasteiger partial charge in [-0.05, 0) is 18.2 Å². The summed E-state index contributed by atoms with van der Waals surface area (Å²) in [6.07, 6.45) is 0. The molecule has 1 aliphatic rings. The Kier molecular flexibility index (Phi) is 4.55. The molecule has 6 heteroatoms. The Morgan fingerprint density at radius 2 is 2.19 bits per heavy atom. The summed E-state index contributed by atoms with van der Waals surface area (Å²) in [6.45, 7) is 1.01. The van der Waals surface area contributed by atoms with Crippen molar-refractivity contribution in [3.8, 4) is 11.8 Å². The Labute approximate surface area is 122 Å². The standard InChI is InChI=1S/C15H16FN3O2/c1-18-7-8-19(10-14(18)20)15(21)12-5-4-11(3-2-6-17)9-13(12)16/h4-5,9H,6-8,10,17H2,1H3. The van der Waals surface area contributed by atoms with E-state index in [1.807, 2.05) is 0 Å². The first-order valence-electron chi connectivity index (χ1n) is 6.54. The molecule has 1 saturated heterocycles. The molecule has 0 unspecified atom stereocenters. The van der Waals surface area contributed by atoms with Crippen LogP contribution < -0.4 is 5.73 Å². The lowest BCUT2D eigenvalue weighted by Crippen LogP contribution is -2.50. The second kappa shape index (κ2) is 6.37. The molecule has 0 atom stereocenters. The maximum atomic E-state index is 14.0. The van der Waals surface area contributed by atoms with Gasteiger partial charge in [0.15, 0.2) is 0 Å². The van der Waals surface area contributed by atoms with Gasteiger partial charge in [-0.25, -0.2) is 4.39 Å². The largest absolute Gasteiger partial charge is 0.342 e. The molecule has 1 fully saturated rings. The van der Waals surface area contributed by atoms with Crippen molar-refractivity contribution in [3.05, 3.63) is 35.1 Å². The highest BCUT2D eigenvalue weighted by Crippen LogP contribution is 2.14. The van der Waals surface area contributed by atoms with Crippen molar-refractivity contribution >= 4 is 11.8 Å². The summed E-state index contributed by atoms with van der Waals surface area (Å²) in [5, 5.41) is 0. The van der Waals surface area contributed by atoms with Gasteiger partial charge in [-0.15, -0.1) is 0 Å². The number of halogens is 1. The molecule has 1 heterocycles. The number of likely N-dealkylation sites (N-methyl/N-ethyl adjacent to an activating group) is 1. The first-order chi connectivity index (χ1) is 10.0. The van der Waals surface area contributed by atoms with Crippen LogP contribution in [0.2, 0.25) is 0 Å². The molecule has 1 aromatic carbocycles. The van der Waals surface area contributed by atoms with E-state index in [9.17, 15) is 14.0 Å². The minimum absolute atomic E-state index is 0.0243. The predicted octanol–water partition coefficient (Wildman–Crippen LogP) is 0.0501. The predicted molar refractivity (Wildman–Crippen MR) is 75.9 cm³/mol. The zero-order valence-electron chi connectivity index (χ0n) is 11.7. The summed E-state index contributed by atoms with van der Waals surface area (Å²) in [7, 11) is 1.68. The second-order valence-electron chi connectivity index (χ2n) is 4.74. The van der Waals surface area contributed by atoms with Crippen LogP contribution in [0.4, 0.5) is 4.39 Å². The lowest BCUT2D eigenvalue weighted by Gasteiger charge is -2.32. The average molecular weight is 289 g/mol. The van der Waals surface area contributed by atoms with Crippen molar-refractivity contribution < 1.29 is 14.0 Å². The molecule has 0 aliphatic carbocycles. The van der Waals surface area contributed by atoms with Crippen LogP contribution in [0.3, 0.4) is 0 Å². The number of rotatable bonds is 1. The minimum Gasteiger partial charge on any atom is -0.342 e. The Balaban J connectivity index is 2.18. The number of nitrogens with zero attached hydrogens (tertiary/aromatic N) is 2. The summed E-state index contributed by atoms with van der Waals surface area (Å²) in [6, 6.07) is 4.16. The highest BCUT2D eigenvalue weighted by Gasteiger charge is 2.27. The molecule has 0 spiro atoms. The van der Waals surface area contributed by atoms with Gasteiger partial charge < -0.3 is 15.5 Å². The Bertz CT molecular complexity index is 634. The molecule has 0 saturated carbocycles. The quantitative estimate of drug-likeness (QED) is 0.743. The summed E-state index contributed by atoms with van der Waals surface area (Å²) >= 11 is 0. The number of carbonyl (C=O) groups is 2. The van der Waals surface area contributed by atoms with Gasteiger partial charge in [-0.1, -0.05) is 11.8 Å². The molecule has 0 bridgehead atoms. The third-order valence-electron chi connectivity index (χ3n) is 3.28. The Morgan fingerprint density at radius 1 is 1.43 bits per heavy atom. The van der Waals surface area contributed by atoms with Crippen LogP contribution in [-0.4, -0.2) is 54.8 Å². The van der Waals surface area contributed by atoms with Crippen molar-refractivity contribution in [2.24, 2.45) is 5.73 Å². The van der Waals surface area contributed by atoms with E-state index in [1.54, 1.807) is 18.0 Å². The van der Waals surface area contributed by atoms with Crippen LogP contribution in [0, 0.1) is 17.7 Å². The van der Waals surface area contributed by atoms with E-state index in [-0.39, 0.29) is 24.6 Å². The van der Waals surface area contributed by atoms with Gasteiger partial charge in [0.2, 0.25) is 5.91 Å². The lowest BCUT2D eigenvalue weighted by atomic mass is 10.1. The third kappa shape index (κ3) is 3.38. The van der Waals surface area contributed by atoms with Crippen LogP contribution >= 0.6 is 0 Å². The maximum Gasteiger partial charge on any atom is 0.257 e. The van der Waals surface area contributed by atoms with Crippen LogP contribution in [0.15, 0.2) is 18.2 Å². The molecule has 2 rings (SSSR count). The molecule has 1 aliphatic heterocycles. The fourth-order valence-electron chi connectivity index (χ4n) is 2.02. The smallest absolute Gasteiger partial charge is 0.257 e. The van der Waals surface area contributed by atoms with Crippen molar-refractivity contribution in [1.29, 1.82) is 0 Å². The maximum absolute atomic E-state index is 14.0. The number of amides is 2. The minimum atomic E-state index is -0.643. The first kappa shape index (κ1) is 15.0. The lowest BCUT2D eigenvalue weighted by molar-refractivity contribution is -0.133. The van der Waals surface area contributed by atoms with Crippen molar-refractivity contribution in [2.75, 3.05) is 33.2 Å². The van der Waals surface area contributed by atoms with Gasteiger partial charge in [0.05, 0.1) is 12.1 Å². The second-order valence-corrected chi connectivity index (χ2v) is 4.74. The summed E-state index contributed by atoms with van der Waals surface area (Å²) in [5.41, 5.74) is 5.66. The van der Waals surface area contributed by atoms with Crippen molar-refractivity contribution in [3.63, 3.8) is 0 Å².